The smallest absolute Gasteiger partial charge is 0.330 e. The van der Waals surface area contributed by atoms with E-state index < -0.39 is 7.26 Å². The molecule has 0 aliphatic rings. The number of nitrogen functional groups attached to an aromatic ring is 1. The Kier molecular flexibility index (Phi) is 10.1. The van der Waals surface area contributed by atoms with Crippen LogP contribution in [-0.4, -0.2) is 25.3 Å². The van der Waals surface area contributed by atoms with Crippen molar-refractivity contribution < 1.29 is 0 Å². The van der Waals surface area contributed by atoms with Gasteiger partial charge in [-0.15, -0.1) is 0 Å². The maximum absolute atomic E-state index is 13.7. The first kappa shape index (κ1) is 32.3. The molecule has 6 rings (SSSR count). The topological polar surface area (TPSA) is 78.7 Å². The minimum atomic E-state index is -1.87. The van der Waals surface area contributed by atoms with Crippen molar-refractivity contribution in [2.24, 2.45) is 0 Å². The Balaban J connectivity index is 1.21. The molecule has 10 heteroatoms. The van der Waals surface area contributed by atoms with Crippen molar-refractivity contribution in [1.29, 1.82) is 0 Å². The Morgan fingerprint density at radius 2 is 1.22 bits per heavy atom. The van der Waals surface area contributed by atoms with Gasteiger partial charge in [-0.3, -0.25) is 9.13 Å². The van der Waals surface area contributed by atoms with Gasteiger partial charge in [0.15, 0.2) is 10.8 Å². The van der Waals surface area contributed by atoms with Crippen LogP contribution in [0, 0.1) is 0 Å². The van der Waals surface area contributed by atoms with Crippen molar-refractivity contribution in [3.8, 4) is 0 Å². The molecule has 2 aromatic heterocycles. The van der Waals surface area contributed by atoms with Crippen molar-refractivity contribution in [2.45, 2.75) is 38.8 Å². The molecule has 4 aromatic carbocycles. The number of unbranched alkanes of at least 4 members (excludes halogenated alkanes) is 3. The van der Waals surface area contributed by atoms with Crippen molar-refractivity contribution in [3.05, 3.63) is 140 Å². The molecule has 0 atom stereocenters. The van der Waals surface area contributed by atoms with Crippen LogP contribution in [0.4, 0.5) is 5.95 Å². The number of rotatable bonds is 12. The Morgan fingerprint density at radius 1 is 0.652 bits per heavy atom. The number of hydrogen-bond donors (Lipinski definition) is 1. The standard InChI is InChI=1S/C36H34Cl3N5OP/c37-30-21-20-26(24-31(30)38)25-44-34-32(33(39)41-35(40)42-34)43(36(44)45)22-12-1-2-13-23-46(27-14-6-3-7-15-27,28-16-8-4-9-17-28)29-18-10-5-11-19-29/h3-11,14-21,24H,1-2,12-13,22-23,25H2,(H2,40,41,42)/q+1. The highest BCUT2D eigenvalue weighted by molar-refractivity contribution is 7.95. The predicted molar refractivity (Wildman–Crippen MR) is 195 cm³/mol. The van der Waals surface area contributed by atoms with Crippen LogP contribution in [0.2, 0.25) is 15.2 Å². The van der Waals surface area contributed by atoms with Gasteiger partial charge in [-0.1, -0.05) is 102 Å². The maximum atomic E-state index is 13.7. The van der Waals surface area contributed by atoms with Crippen molar-refractivity contribution in [2.75, 3.05) is 11.9 Å². The molecule has 0 bridgehead atoms. The zero-order chi connectivity index (χ0) is 32.1. The third-order valence-corrected chi connectivity index (χ3v) is 13.9. The van der Waals surface area contributed by atoms with E-state index in [0.29, 0.717) is 27.8 Å². The highest BCUT2D eigenvalue weighted by atomic mass is 35.5. The number of aromatic nitrogens is 4. The summed E-state index contributed by atoms with van der Waals surface area (Å²) in [7, 11) is -1.87. The second kappa shape index (κ2) is 14.4. The molecular formula is C36H34Cl3N5OP+. The molecule has 0 amide bonds. The number of halogens is 3. The fourth-order valence-electron chi connectivity index (χ4n) is 6.21. The van der Waals surface area contributed by atoms with E-state index in [1.54, 1.807) is 21.3 Å². The normalized spacial score (nSPS) is 11.7. The molecule has 46 heavy (non-hydrogen) atoms. The largest absolute Gasteiger partial charge is 0.368 e. The van der Waals surface area contributed by atoms with Gasteiger partial charge in [-0.25, -0.2) is 4.79 Å². The number of anilines is 1. The van der Waals surface area contributed by atoms with E-state index >= 15 is 0 Å². The quantitative estimate of drug-likeness (QED) is 0.0811. The second-order valence-electron chi connectivity index (χ2n) is 11.3. The zero-order valence-corrected chi connectivity index (χ0v) is 28.4. The van der Waals surface area contributed by atoms with Gasteiger partial charge in [0, 0.05) is 6.54 Å². The van der Waals surface area contributed by atoms with Crippen molar-refractivity contribution in [1.82, 2.24) is 19.1 Å². The highest BCUT2D eigenvalue weighted by Gasteiger charge is 2.44. The lowest BCUT2D eigenvalue weighted by Crippen LogP contribution is -2.33. The van der Waals surface area contributed by atoms with Crippen LogP contribution < -0.4 is 27.3 Å². The molecule has 6 aromatic rings. The lowest BCUT2D eigenvalue weighted by Gasteiger charge is -2.27. The first-order valence-corrected chi connectivity index (χ1v) is 18.4. The van der Waals surface area contributed by atoms with Gasteiger partial charge in [0.1, 0.15) is 28.7 Å². The monoisotopic (exact) mass is 688 g/mol. The van der Waals surface area contributed by atoms with Crippen LogP contribution in [0.5, 0.6) is 0 Å². The van der Waals surface area contributed by atoms with Crippen LogP contribution in [0.1, 0.15) is 31.2 Å². The molecule has 6 nitrogen and oxygen atoms in total. The molecule has 2 heterocycles. The summed E-state index contributed by atoms with van der Waals surface area (Å²) >= 11 is 18.9. The first-order valence-electron chi connectivity index (χ1n) is 15.3. The van der Waals surface area contributed by atoms with E-state index in [1.807, 2.05) is 6.07 Å². The number of fused-ring (bicyclic) bond motifs is 1. The number of imidazole rings is 1. The van der Waals surface area contributed by atoms with Gasteiger partial charge in [0.25, 0.3) is 0 Å². The number of hydrogen-bond acceptors (Lipinski definition) is 4. The Morgan fingerprint density at radius 3 is 1.78 bits per heavy atom. The van der Waals surface area contributed by atoms with Crippen LogP contribution in [-0.2, 0) is 13.1 Å². The molecule has 2 N–H and O–H groups in total. The van der Waals surface area contributed by atoms with Gasteiger partial charge >= 0.3 is 5.69 Å². The molecule has 0 radical (unpaired) electrons. The van der Waals surface area contributed by atoms with Crippen LogP contribution in [0.3, 0.4) is 0 Å². The summed E-state index contributed by atoms with van der Waals surface area (Å²) < 4.78 is 3.24. The summed E-state index contributed by atoms with van der Waals surface area (Å²) in [6.07, 6.45) is 4.91. The molecule has 0 saturated heterocycles. The van der Waals surface area contributed by atoms with Gasteiger partial charge in [-0.2, -0.15) is 9.97 Å². The summed E-state index contributed by atoms with van der Waals surface area (Å²) in [5.41, 5.74) is 7.42. The lowest BCUT2D eigenvalue weighted by atomic mass is 10.2. The van der Waals surface area contributed by atoms with E-state index in [9.17, 15) is 4.79 Å². The first-order chi connectivity index (χ1) is 22.4. The van der Waals surface area contributed by atoms with Gasteiger partial charge in [0.2, 0.25) is 5.95 Å². The maximum Gasteiger partial charge on any atom is 0.330 e. The predicted octanol–water partition coefficient (Wildman–Crippen LogP) is 7.74. The molecule has 0 aliphatic carbocycles. The number of nitrogens with two attached hydrogens (primary N) is 1. The number of benzene rings is 4. The van der Waals surface area contributed by atoms with E-state index in [1.165, 1.54) is 15.9 Å². The van der Waals surface area contributed by atoms with Crippen LogP contribution in [0.25, 0.3) is 11.2 Å². The fourth-order valence-corrected chi connectivity index (χ4v) is 11.2. The molecule has 0 spiro atoms. The van der Waals surface area contributed by atoms with E-state index in [-0.39, 0.29) is 23.3 Å². The summed E-state index contributed by atoms with van der Waals surface area (Å²) in [6.45, 7) is 0.739. The van der Waals surface area contributed by atoms with E-state index in [4.69, 9.17) is 40.5 Å². The van der Waals surface area contributed by atoms with E-state index in [2.05, 4.69) is 101 Å². The molecule has 0 saturated carbocycles. The minimum Gasteiger partial charge on any atom is -0.368 e. The molecule has 0 fully saturated rings. The molecule has 0 unspecified atom stereocenters. The Bertz CT molecular complexity index is 1900. The second-order valence-corrected chi connectivity index (χ2v) is 16.1. The Hall–Kier alpha value is -3.67. The summed E-state index contributed by atoms with van der Waals surface area (Å²) in [5, 5.41) is 5.20. The highest BCUT2D eigenvalue weighted by Crippen LogP contribution is 2.56. The van der Waals surface area contributed by atoms with Gasteiger partial charge in [0.05, 0.1) is 22.8 Å². The molecule has 0 aliphatic heterocycles. The summed E-state index contributed by atoms with van der Waals surface area (Å²) in [4.78, 5) is 22.3. The zero-order valence-electron chi connectivity index (χ0n) is 25.2. The summed E-state index contributed by atoms with van der Waals surface area (Å²) in [6, 6.07) is 38.1. The van der Waals surface area contributed by atoms with Gasteiger partial charge in [-0.05, 0) is 73.4 Å². The summed E-state index contributed by atoms with van der Waals surface area (Å²) in [5.74, 6) is 0.0135. The number of aryl methyl sites for hydroxylation is 1. The van der Waals surface area contributed by atoms with Crippen LogP contribution >= 0.6 is 42.1 Å². The molecule has 234 valence electrons. The molecular weight excluding hydrogens is 656 g/mol. The van der Waals surface area contributed by atoms with Crippen molar-refractivity contribution >= 4 is 75.1 Å². The number of nitrogens with zero attached hydrogens (tertiary/aromatic N) is 4. The third-order valence-electron chi connectivity index (χ3n) is 8.37. The van der Waals surface area contributed by atoms with E-state index in [0.717, 1.165) is 37.4 Å². The lowest BCUT2D eigenvalue weighted by molar-refractivity contribution is 0.570. The Labute approximate surface area is 284 Å². The van der Waals surface area contributed by atoms with Gasteiger partial charge < -0.3 is 5.73 Å². The average Bonchev–Trinajstić information content (AvgIpc) is 3.33. The fraction of sp³-hybridized carbons (Fsp3) is 0.194. The van der Waals surface area contributed by atoms with Crippen LogP contribution in [0.15, 0.2) is 114 Å². The van der Waals surface area contributed by atoms with Crippen molar-refractivity contribution in [3.63, 3.8) is 0 Å². The average molecular weight is 690 g/mol. The third kappa shape index (κ3) is 6.59. The minimum absolute atomic E-state index is 0.0135. The SMILES string of the molecule is Nc1nc(Cl)c2c(n1)n(Cc1ccc(Cl)c(Cl)c1)c(=O)n2CCCCCC[P+](c1ccccc1)(c1ccccc1)c1ccccc1.